The topological polar surface area (TPSA) is 79.5 Å². The number of amides is 1. The number of aliphatic carboxylic acids is 1. The average molecular weight is 271 g/mol. The lowest BCUT2D eigenvalue weighted by Gasteiger charge is -2.03. The summed E-state index contributed by atoms with van der Waals surface area (Å²) in [5.74, 6) is -0.542. The summed E-state index contributed by atoms with van der Waals surface area (Å²) >= 11 is 0. The van der Waals surface area contributed by atoms with Gasteiger partial charge in [-0.3, -0.25) is 4.79 Å². The molecular formula is C15H13NO4. The molecule has 0 fully saturated rings. The quantitative estimate of drug-likeness (QED) is 0.818. The van der Waals surface area contributed by atoms with E-state index < -0.39 is 5.97 Å². The number of carboxylic acid groups (broad SMARTS) is 1. The van der Waals surface area contributed by atoms with Gasteiger partial charge in [0, 0.05) is 11.6 Å². The summed E-state index contributed by atoms with van der Waals surface area (Å²) in [7, 11) is 0. The first-order chi connectivity index (χ1) is 9.65. The van der Waals surface area contributed by atoms with Crippen molar-refractivity contribution in [1.82, 2.24) is 5.32 Å². The van der Waals surface area contributed by atoms with E-state index in [-0.39, 0.29) is 5.91 Å². The third-order valence-corrected chi connectivity index (χ3v) is 2.59. The van der Waals surface area contributed by atoms with Crippen LogP contribution in [0.25, 0.3) is 6.08 Å². The van der Waals surface area contributed by atoms with Gasteiger partial charge in [-0.25, -0.2) is 4.79 Å². The summed E-state index contributed by atoms with van der Waals surface area (Å²) in [5.41, 5.74) is 1.22. The normalized spacial score (nSPS) is 10.6. The van der Waals surface area contributed by atoms with Crippen molar-refractivity contribution in [2.45, 2.75) is 6.54 Å². The number of nitrogens with one attached hydrogen (secondary N) is 1. The maximum atomic E-state index is 11.9. The molecule has 0 aliphatic rings. The third-order valence-electron chi connectivity index (χ3n) is 2.59. The van der Waals surface area contributed by atoms with Crippen LogP contribution in [-0.4, -0.2) is 17.0 Å². The van der Waals surface area contributed by atoms with Crippen LogP contribution in [0.4, 0.5) is 0 Å². The fraction of sp³-hybridized carbons (Fsp3) is 0.0667. The molecule has 0 saturated heterocycles. The predicted octanol–water partition coefficient (Wildman–Crippen LogP) is 2.31. The van der Waals surface area contributed by atoms with Crippen LogP contribution in [0.15, 0.2) is 53.2 Å². The first kappa shape index (κ1) is 13.6. The second-order valence-electron chi connectivity index (χ2n) is 4.06. The van der Waals surface area contributed by atoms with E-state index in [1.807, 2.05) is 0 Å². The van der Waals surface area contributed by atoms with Crippen molar-refractivity contribution in [2.24, 2.45) is 0 Å². The van der Waals surface area contributed by atoms with Crippen LogP contribution < -0.4 is 5.32 Å². The van der Waals surface area contributed by atoms with Crippen molar-refractivity contribution in [3.63, 3.8) is 0 Å². The average Bonchev–Trinajstić information content (AvgIpc) is 2.96. The minimum atomic E-state index is -1.01. The maximum absolute atomic E-state index is 11.9. The lowest BCUT2D eigenvalue weighted by atomic mass is 10.1. The Bertz CT molecular complexity index is 612. The molecule has 0 bridgehead atoms. The predicted molar refractivity (Wildman–Crippen MR) is 73.0 cm³/mol. The van der Waals surface area contributed by atoms with Gasteiger partial charge < -0.3 is 14.8 Å². The first-order valence-corrected chi connectivity index (χ1v) is 5.97. The molecule has 1 aromatic carbocycles. The van der Waals surface area contributed by atoms with Crippen LogP contribution in [0.5, 0.6) is 0 Å². The molecule has 2 rings (SSSR count). The van der Waals surface area contributed by atoms with Crippen LogP contribution in [0.1, 0.15) is 21.7 Å². The van der Waals surface area contributed by atoms with E-state index in [1.54, 1.807) is 42.7 Å². The number of carbonyl (C=O) groups is 2. The summed E-state index contributed by atoms with van der Waals surface area (Å²) in [6, 6.07) is 10.2. The summed E-state index contributed by atoms with van der Waals surface area (Å²) < 4.78 is 5.11. The van der Waals surface area contributed by atoms with Crippen molar-refractivity contribution >= 4 is 18.0 Å². The van der Waals surface area contributed by atoms with Crippen LogP contribution in [-0.2, 0) is 11.3 Å². The van der Waals surface area contributed by atoms with Crippen molar-refractivity contribution < 1.29 is 19.1 Å². The number of hydrogen-bond acceptors (Lipinski definition) is 3. The molecule has 20 heavy (non-hydrogen) atoms. The van der Waals surface area contributed by atoms with Gasteiger partial charge in [-0.2, -0.15) is 0 Å². The van der Waals surface area contributed by atoms with Gasteiger partial charge >= 0.3 is 5.97 Å². The molecule has 0 atom stereocenters. The van der Waals surface area contributed by atoms with E-state index in [0.29, 0.717) is 17.9 Å². The lowest BCUT2D eigenvalue weighted by molar-refractivity contribution is -0.131. The van der Waals surface area contributed by atoms with Crippen LogP contribution in [0.2, 0.25) is 0 Å². The Labute approximate surface area is 115 Å². The second-order valence-corrected chi connectivity index (χ2v) is 4.06. The van der Waals surface area contributed by atoms with Gasteiger partial charge in [-0.05, 0) is 35.9 Å². The highest BCUT2D eigenvalue weighted by molar-refractivity contribution is 5.94. The molecule has 102 valence electrons. The number of hydrogen-bond donors (Lipinski definition) is 2. The monoisotopic (exact) mass is 271 g/mol. The Morgan fingerprint density at radius 1 is 1.20 bits per heavy atom. The smallest absolute Gasteiger partial charge is 0.328 e. The van der Waals surface area contributed by atoms with E-state index in [2.05, 4.69) is 5.32 Å². The van der Waals surface area contributed by atoms with Crippen LogP contribution >= 0.6 is 0 Å². The summed E-state index contributed by atoms with van der Waals surface area (Å²) in [6.45, 7) is 0.326. The van der Waals surface area contributed by atoms with E-state index in [9.17, 15) is 9.59 Å². The van der Waals surface area contributed by atoms with Crippen molar-refractivity contribution in [3.8, 4) is 0 Å². The van der Waals surface area contributed by atoms with E-state index in [4.69, 9.17) is 9.52 Å². The maximum Gasteiger partial charge on any atom is 0.328 e. The number of furan rings is 1. The number of carbonyl (C=O) groups excluding carboxylic acids is 1. The fourth-order valence-corrected chi connectivity index (χ4v) is 1.60. The first-order valence-electron chi connectivity index (χ1n) is 5.97. The second kappa shape index (κ2) is 6.38. The summed E-state index contributed by atoms with van der Waals surface area (Å²) in [4.78, 5) is 22.2. The van der Waals surface area contributed by atoms with Crippen molar-refractivity contribution in [1.29, 1.82) is 0 Å². The molecule has 1 amide bonds. The van der Waals surface area contributed by atoms with Gasteiger partial charge in [-0.15, -0.1) is 0 Å². The third kappa shape index (κ3) is 3.84. The minimum Gasteiger partial charge on any atom is -0.478 e. The van der Waals surface area contributed by atoms with Gasteiger partial charge in [0.1, 0.15) is 5.76 Å². The molecular weight excluding hydrogens is 258 g/mol. The molecule has 1 aromatic heterocycles. The van der Waals surface area contributed by atoms with E-state index in [1.165, 1.54) is 6.08 Å². The SMILES string of the molecule is O=C(O)C=Cc1ccc(C(=O)NCc2ccco2)cc1. The molecule has 0 unspecified atom stereocenters. The molecule has 0 aliphatic heterocycles. The van der Waals surface area contributed by atoms with Gasteiger partial charge in [-0.1, -0.05) is 12.1 Å². The Balaban J connectivity index is 1.95. The van der Waals surface area contributed by atoms with E-state index in [0.717, 1.165) is 11.6 Å². The zero-order chi connectivity index (χ0) is 14.4. The molecule has 2 aromatic rings. The molecule has 5 nitrogen and oxygen atoms in total. The number of benzene rings is 1. The highest BCUT2D eigenvalue weighted by Gasteiger charge is 2.05. The summed E-state index contributed by atoms with van der Waals surface area (Å²) in [5, 5.41) is 11.2. The molecule has 1 heterocycles. The Morgan fingerprint density at radius 2 is 1.95 bits per heavy atom. The highest BCUT2D eigenvalue weighted by Crippen LogP contribution is 2.07. The Hall–Kier alpha value is -2.82. The minimum absolute atomic E-state index is 0.213. The molecule has 0 spiro atoms. The largest absolute Gasteiger partial charge is 0.478 e. The Morgan fingerprint density at radius 3 is 2.55 bits per heavy atom. The zero-order valence-electron chi connectivity index (χ0n) is 10.6. The molecule has 0 aliphatic carbocycles. The van der Waals surface area contributed by atoms with E-state index >= 15 is 0 Å². The fourth-order valence-electron chi connectivity index (χ4n) is 1.60. The van der Waals surface area contributed by atoms with Gasteiger partial charge in [0.2, 0.25) is 0 Å². The Kier molecular flexibility index (Phi) is 4.34. The van der Waals surface area contributed by atoms with Crippen molar-refractivity contribution in [2.75, 3.05) is 0 Å². The van der Waals surface area contributed by atoms with Crippen molar-refractivity contribution in [3.05, 3.63) is 65.6 Å². The number of carboxylic acids is 1. The van der Waals surface area contributed by atoms with Gasteiger partial charge in [0.15, 0.2) is 0 Å². The molecule has 5 heteroatoms. The highest BCUT2D eigenvalue weighted by atomic mass is 16.4. The van der Waals surface area contributed by atoms with Crippen LogP contribution in [0, 0.1) is 0 Å². The zero-order valence-corrected chi connectivity index (χ0v) is 10.6. The molecule has 0 radical (unpaired) electrons. The van der Waals surface area contributed by atoms with Crippen LogP contribution in [0.3, 0.4) is 0 Å². The molecule has 2 N–H and O–H groups in total. The lowest BCUT2D eigenvalue weighted by Crippen LogP contribution is -2.22. The number of rotatable bonds is 5. The van der Waals surface area contributed by atoms with Gasteiger partial charge in [0.05, 0.1) is 12.8 Å². The standard InChI is InChI=1S/C15H13NO4/c17-14(18)8-5-11-3-6-12(7-4-11)15(19)16-10-13-2-1-9-20-13/h1-9H,10H2,(H,16,19)(H,17,18). The van der Waals surface area contributed by atoms with Gasteiger partial charge in [0.25, 0.3) is 5.91 Å². The summed E-state index contributed by atoms with van der Waals surface area (Å²) in [6.07, 6.45) is 4.06. The molecule has 0 saturated carbocycles.